The van der Waals surface area contributed by atoms with Gasteiger partial charge in [0, 0.05) is 23.1 Å². The van der Waals surface area contributed by atoms with Crippen LogP contribution in [0.1, 0.15) is 47.5 Å². The maximum Gasteiger partial charge on any atom is 0.0116 e. The first-order valence-electron chi connectivity index (χ1n) is 7.49. The fourth-order valence-electron chi connectivity index (χ4n) is 2.36. The van der Waals surface area contributed by atoms with Crippen molar-refractivity contribution in [2.24, 2.45) is 5.92 Å². The van der Waals surface area contributed by atoms with Crippen molar-refractivity contribution in [3.8, 4) is 0 Å². The lowest BCUT2D eigenvalue weighted by Crippen LogP contribution is -2.37. The van der Waals surface area contributed by atoms with Gasteiger partial charge in [0.1, 0.15) is 0 Å². The van der Waals surface area contributed by atoms with E-state index in [1.54, 1.807) is 0 Å². The quantitative estimate of drug-likeness (QED) is 0.747. The predicted molar refractivity (Wildman–Crippen MR) is 84.5 cm³/mol. The fourth-order valence-corrected chi connectivity index (χ4v) is 3.48. The average molecular weight is 273 g/mol. The van der Waals surface area contributed by atoms with Gasteiger partial charge in [-0.05, 0) is 45.3 Å². The molecule has 0 radical (unpaired) electrons. The third-order valence-corrected chi connectivity index (χ3v) is 5.16. The van der Waals surface area contributed by atoms with Crippen molar-refractivity contribution >= 4 is 11.8 Å². The van der Waals surface area contributed by atoms with Crippen molar-refractivity contribution in [3.63, 3.8) is 0 Å². The smallest absolute Gasteiger partial charge is 0.0116 e. The molecular formula is C15H32N2S. The van der Waals surface area contributed by atoms with Gasteiger partial charge in [0.15, 0.2) is 0 Å². The lowest BCUT2D eigenvalue weighted by atomic mass is 10.1. The summed E-state index contributed by atoms with van der Waals surface area (Å²) >= 11 is 2.14. The van der Waals surface area contributed by atoms with E-state index in [9.17, 15) is 0 Å². The first kappa shape index (κ1) is 16.3. The van der Waals surface area contributed by atoms with Crippen LogP contribution < -0.4 is 5.32 Å². The van der Waals surface area contributed by atoms with Crippen LogP contribution in [0, 0.1) is 5.92 Å². The molecule has 0 aromatic carbocycles. The zero-order valence-corrected chi connectivity index (χ0v) is 13.8. The maximum absolute atomic E-state index is 3.55. The number of nitrogens with one attached hydrogen (secondary N) is 1. The van der Waals surface area contributed by atoms with Crippen LogP contribution in [0.3, 0.4) is 0 Å². The van der Waals surface area contributed by atoms with Crippen LogP contribution >= 0.6 is 11.8 Å². The summed E-state index contributed by atoms with van der Waals surface area (Å²) in [7, 11) is 0. The van der Waals surface area contributed by atoms with Gasteiger partial charge in [-0.1, -0.05) is 27.7 Å². The SMILES string of the molecule is CC(C)CNCCC(C)N1CCSC(C)(C)CC1. The molecule has 108 valence electrons. The second-order valence-corrected chi connectivity index (χ2v) is 8.43. The molecule has 0 bridgehead atoms. The first-order valence-corrected chi connectivity index (χ1v) is 8.48. The van der Waals surface area contributed by atoms with Gasteiger partial charge in [-0.25, -0.2) is 0 Å². The molecule has 1 aliphatic rings. The molecule has 1 heterocycles. The van der Waals surface area contributed by atoms with Gasteiger partial charge in [0.2, 0.25) is 0 Å². The van der Waals surface area contributed by atoms with E-state index in [0.717, 1.165) is 25.0 Å². The third kappa shape index (κ3) is 6.44. The van der Waals surface area contributed by atoms with Crippen molar-refractivity contribution in [2.45, 2.75) is 58.2 Å². The van der Waals surface area contributed by atoms with Crippen molar-refractivity contribution in [2.75, 3.05) is 31.9 Å². The van der Waals surface area contributed by atoms with Gasteiger partial charge in [-0.2, -0.15) is 11.8 Å². The Labute approximate surface area is 118 Å². The molecule has 18 heavy (non-hydrogen) atoms. The van der Waals surface area contributed by atoms with E-state index in [4.69, 9.17) is 0 Å². The summed E-state index contributed by atoms with van der Waals surface area (Å²) in [4.78, 5) is 2.68. The minimum Gasteiger partial charge on any atom is -0.316 e. The van der Waals surface area contributed by atoms with E-state index in [-0.39, 0.29) is 0 Å². The van der Waals surface area contributed by atoms with Crippen LogP contribution in [0.5, 0.6) is 0 Å². The molecule has 1 rings (SSSR count). The molecule has 1 aliphatic heterocycles. The van der Waals surface area contributed by atoms with E-state index >= 15 is 0 Å². The first-order chi connectivity index (χ1) is 8.41. The Bertz CT molecular complexity index is 229. The number of nitrogens with zero attached hydrogens (tertiary/aromatic N) is 1. The minimum atomic E-state index is 0.477. The van der Waals surface area contributed by atoms with Gasteiger partial charge in [-0.3, -0.25) is 4.90 Å². The largest absolute Gasteiger partial charge is 0.316 e. The lowest BCUT2D eigenvalue weighted by molar-refractivity contribution is 0.207. The Morgan fingerprint density at radius 1 is 1.22 bits per heavy atom. The zero-order chi connectivity index (χ0) is 13.6. The summed E-state index contributed by atoms with van der Waals surface area (Å²) < 4.78 is 0.477. The van der Waals surface area contributed by atoms with Gasteiger partial charge >= 0.3 is 0 Å². The molecule has 0 saturated carbocycles. The van der Waals surface area contributed by atoms with Crippen molar-refractivity contribution in [3.05, 3.63) is 0 Å². The topological polar surface area (TPSA) is 15.3 Å². The number of hydrogen-bond donors (Lipinski definition) is 1. The maximum atomic E-state index is 3.55. The molecule has 1 N–H and O–H groups in total. The fraction of sp³-hybridized carbons (Fsp3) is 1.00. The van der Waals surface area contributed by atoms with E-state index in [1.807, 2.05) is 0 Å². The minimum absolute atomic E-state index is 0.477. The van der Waals surface area contributed by atoms with Gasteiger partial charge in [0.25, 0.3) is 0 Å². The summed E-state index contributed by atoms with van der Waals surface area (Å²) in [6.07, 6.45) is 2.60. The second-order valence-electron chi connectivity index (χ2n) is 6.63. The standard InChI is InChI=1S/C15H32N2S/c1-13(2)12-16-8-6-14(3)17-9-7-15(4,5)18-11-10-17/h13-14,16H,6-12H2,1-5H3. The van der Waals surface area contributed by atoms with Gasteiger partial charge in [-0.15, -0.1) is 0 Å². The van der Waals surface area contributed by atoms with Crippen LogP contribution in [-0.4, -0.2) is 47.6 Å². The molecule has 0 aromatic heterocycles. The monoisotopic (exact) mass is 272 g/mol. The van der Waals surface area contributed by atoms with E-state index < -0.39 is 0 Å². The highest BCUT2D eigenvalue weighted by atomic mass is 32.2. The van der Waals surface area contributed by atoms with E-state index in [2.05, 4.69) is 56.6 Å². The molecule has 2 nitrogen and oxygen atoms in total. The van der Waals surface area contributed by atoms with Crippen LogP contribution in [-0.2, 0) is 0 Å². The summed E-state index contributed by atoms with van der Waals surface area (Å²) in [6, 6.07) is 0.721. The molecular weight excluding hydrogens is 240 g/mol. The zero-order valence-electron chi connectivity index (χ0n) is 13.0. The molecule has 0 amide bonds. The van der Waals surface area contributed by atoms with Gasteiger partial charge in [0.05, 0.1) is 0 Å². The molecule has 1 fully saturated rings. The Morgan fingerprint density at radius 2 is 1.94 bits per heavy atom. The summed E-state index contributed by atoms with van der Waals surface area (Å²) in [5.74, 6) is 2.05. The highest BCUT2D eigenvalue weighted by Crippen LogP contribution is 2.31. The Kier molecular flexibility index (Phi) is 7.04. The predicted octanol–water partition coefficient (Wildman–Crippen LogP) is 3.23. The molecule has 1 unspecified atom stereocenters. The molecule has 0 spiro atoms. The van der Waals surface area contributed by atoms with Crippen LogP contribution in [0.15, 0.2) is 0 Å². The van der Waals surface area contributed by atoms with Crippen molar-refractivity contribution in [1.82, 2.24) is 10.2 Å². The summed E-state index contributed by atoms with van der Waals surface area (Å²) in [5.41, 5.74) is 0. The van der Waals surface area contributed by atoms with Crippen LogP contribution in [0.2, 0.25) is 0 Å². The third-order valence-electron chi connectivity index (χ3n) is 3.79. The average Bonchev–Trinajstić information content (AvgIpc) is 2.45. The van der Waals surface area contributed by atoms with E-state index in [0.29, 0.717) is 4.75 Å². The van der Waals surface area contributed by atoms with Gasteiger partial charge < -0.3 is 5.32 Å². The van der Waals surface area contributed by atoms with Crippen LogP contribution in [0.4, 0.5) is 0 Å². The lowest BCUT2D eigenvalue weighted by Gasteiger charge is -2.28. The normalized spacial score (nSPS) is 23.0. The number of thioether (sulfide) groups is 1. The molecule has 1 saturated heterocycles. The summed E-state index contributed by atoms with van der Waals surface area (Å²) in [5, 5.41) is 3.55. The molecule has 0 aliphatic carbocycles. The number of rotatable bonds is 6. The van der Waals surface area contributed by atoms with Crippen molar-refractivity contribution < 1.29 is 0 Å². The summed E-state index contributed by atoms with van der Waals surface area (Å²) in [6.45, 7) is 16.5. The highest BCUT2D eigenvalue weighted by Gasteiger charge is 2.25. The molecule has 3 heteroatoms. The van der Waals surface area contributed by atoms with Crippen molar-refractivity contribution in [1.29, 1.82) is 0 Å². The Morgan fingerprint density at radius 3 is 2.61 bits per heavy atom. The Balaban J connectivity index is 2.22. The second kappa shape index (κ2) is 7.76. The number of hydrogen-bond acceptors (Lipinski definition) is 3. The molecule has 0 aromatic rings. The highest BCUT2D eigenvalue weighted by molar-refractivity contribution is 8.00. The molecule has 1 atom stereocenters. The van der Waals surface area contributed by atoms with Crippen LogP contribution in [0.25, 0.3) is 0 Å². The Hall–Kier alpha value is 0.270. The van der Waals surface area contributed by atoms with E-state index in [1.165, 1.54) is 31.7 Å².